The number of nitrogens with one attached hydrogen (secondary N) is 2. The number of carbonyl (C=O) groups excluding carboxylic acids is 1. The van der Waals surface area contributed by atoms with Gasteiger partial charge in [0.2, 0.25) is 0 Å². The molecular formula is C19H23BrN2O2. The van der Waals surface area contributed by atoms with Gasteiger partial charge in [-0.05, 0) is 43.0 Å². The number of ether oxygens (including phenoxy) is 1. The maximum absolute atomic E-state index is 11.8. The molecule has 0 heterocycles. The molecule has 2 rings (SSSR count). The molecule has 2 aromatic carbocycles. The van der Waals surface area contributed by atoms with Gasteiger partial charge in [-0.25, -0.2) is 4.79 Å². The average molecular weight is 391 g/mol. The van der Waals surface area contributed by atoms with E-state index in [2.05, 4.69) is 26.6 Å². The third kappa shape index (κ3) is 5.57. The highest BCUT2D eigenvalue weighted by Gasteiger charge is 2.04. The van der Waals surface area contributed by atoms with E-state index in [0.29, 0.717) is 19.7 Å². The van der Waals surface area contributed by atoms with Gasteiger partial charge in [0.25, 0.3) is 0 Å². The molecule has 0 aliphatic carbocycles. The van der Waals surface area contributed by atoms with Crippen LogP contribution in [0.2, 0.25) is 0 Å². The summed E-state index contributed by atoms with van der Waals surface area (Å²) in [4.78, 5) is 11.8. The van der Waals surface area contributed by atoms with Crippen molar-refractivity contribution in [3.63, 3.8) is 0 Å². The first-order valence-corrected chi connectivity index (χ1v) is 8.81. The summed E-state index contributed by atoms with van der Waals surface area (Å²) < 4.78 is 6.81. The van der Waals surface area contributed by atoms with Crippen LogP contribution in [0.1, 0.15) is 23.1 Å². The lowest BCUT2D eigenvalue weighted by molar-refractivity contribution is 0.238. The second-order valence-electron chi connectivity index (χ2n) is 5.62. The summed E-state index contributed by atoms with van der Waals surface area (Å²) in [7, 11) is 0. The van der Waals surface area contributed by atoms with Gasteiger partial charge in [0.1, 0.15) is 5.75 Å². The van der Waals surface area contributed by atoms with Crippen LogP contribution in [-0.2, 0) is 6.54 Å². The fourth-order valence-electron chi connectivity index (χ4n) is 2.35. The molecule has 0 atom stereocenters. The van der Waals surface area contributed by atoms with Crippen LogP contribution >= 0.6 is 15.9 Å². The lowest BCUT2D eigenvalue weighted by Gasteiger charge is -2.12. The van der Waals surface area contributed by atoms with Crippen LogP contribution in [0.5, 0.6) is 5.75 Å². The fraction of sp³-hybridized carbons (Fsp3) is 0.316. The molecule has 0 aromatic heterocycles. The Kier molecular flexibility index (Phi) is 7.12. The van der Waals surface area contributed by atoms with Gasteiger partial charge in [-0.2, -0.15) is 0 Å². The van der Waals surface area contributed by atoms with Crippen LogP contribution in [0.15, 0.2) is 46.9 Å². The van der Waals surface area contributed by atoms with Crippen molar-refractivity contribution in [1.82, 2.24) is 10.6 Å². The molecular weight excluding hydrogens is 368 g/mol. The lowest BCUT2D eigenvalue weighted by Crippen LogP contribution is -2.36. The van der Waals surface area contributed by atoms with Crippen LogP contribution in [0.3, 0.4) is 0 Å². The number of aryl methyl sites for hydroxylation is 2. The van der Waals surface area contributed by atoms with Gasteiger partial charge in [0, 0.05) is 17.6 Å². The summed E-state index contributed by atoms with van der Waals surface area (Å²) in [6.07, 6.45) is 0.760. The molecule has 2 N–H and O–H groups in total. The molecule has 0 bridgehead atoms. The Hall–Kier alpha value is -2.01. The number of carbonyl (C=O) groups is 1. The normalized spacial score (nSPS) is 10.3. The number of amides is 2. The number of rotatable bonds is 7. The highest BCUT2D eigenvalue weighted by atomic mass is 79.9. The summed E-state index contributed by atoms with van der Waals surface area (Å²) in [5, 5.41) is 5.69. The second kappa shape index (κ2) is 9.33. The maximum Gasteiger partial charge on any atom is 0.315 e. The first kappa shape index (κ1) is 18.3. The highest BCUT2D eigenvalue weighted by Crippen LogP contribution is 2.22. The highest BCUT2D eigenvalue weighted by molar-refractivity contribution is 9.10. The first-order valence-electron chi connectivity index (χ1n) is 8.02. The number of halogens is 1. The van der Waals surface area contributed by atoms with Crippen molar-refractivity contribution >= 4 is 22.0 Å². The third-order valence-corrected chi connectivity index (χ3v) is 4.43. The van der Waals surface area contributed by atoms with Gasteiger partial charge in [-0.1, -0.05) is 52.3 Å². The zero-order valence-electron chi connectivity index (χ0n) is 14.1. The fourth-order valence-corrected chi connectivity index (χ4v) is 2.78. The van der Waals surface area contributed by atoms with Crippen molar-refractivity contribution in [2.24, 2.45) is 0 Å². The van der Waals surface area contributed by atoms with Crippen molar-refractivity contribution in [3.8, 4) is 5.75 Å². The molecule has 0 unspecified atom stereocenters. The van der Waals surface area contributed by atoms with Crippen molar-refractivity contribution in [2.45, 2.75) is 26.8 Å². The standard InChI is InChI=1S/C19H23BrN2O2/c1-14-7-5-8-15(2)18(14)24-12-6-11-21-19(23)22-13-16-9-3-4-10-17(16)20/h3-5,7-10H,6,11-13H2,1-2H3,(H2,21,22,23). The first-order chi connectivity index (χ1) is 11.6. The summed E-state index contributed by atoms with van der Waals surface area (Å²) in [6, 6.07) is 13.8. The topological polar surface area (TPSA) is 50.4 Å². The Labute approximate surface area is 151 Å². The van der Waals surface area contributed by atoms with Crippen LogP contribution in [-0.4, -0.2) is 19.2 Å². The van der Waals surface area contributed by atoms with Crippen molar-refractivity contribution in [1.29, 1.82) is 0 Å². The molecule has 0 fully saturated rings. The molecule has 2 aromatic rings. The molecule has 0 saturated heterocycles. The predicted octanol–water partition coefficient (Wildman–Crippen LogP) is 4.33. The minimum atomic E-state index is -0.169. The summed E-state index contributed by atoms with van der Waals surface area (Å²) >= 11 is 3.47. The van der Waals surface area contributed by atoms with Crippen molar-refractivity contribution < 1.29 is 9.53 Å². The van der Waals surface area contributed by atoms with Crippen LogP contribution in [0.4, 0.5) is 4.79 Å². The van der Waals surface area contributed by atoms with Gasteiger partial charge in [0.15, 0.2) is 0 Å². The van der Waals surface area contributed by atoms with Crippen molar-refractivity contribution in [3.05, 3.63) is 63.6 Å². The van der Waals surface area contributed by atoms with Gasteiger partial charge in [-0.15, -0.1) is 0 Å². The largest absolute Gasteiger partial charge is 0.493 e. The van der Waals surface area contributed by atoms with Gasteiger partial charge in [0.05, 0.1) is 6.61 Å². The second-order valence-corrected chi connectivity index (χ2v) is 6.48. The minimum Gasteiger partial charge on any atom is -0.493 e. The smallest absolute Gasteiger partial charge is 0.315 e. The molecule has 0 aliphatic heterocycles. The Morgan fingerprint density at radius 1 is 1.04 bits per heavy atom. The molecule has 128 valence electrons. The molecule has 0 aliphatic rings. The number of benzene rings is 2. The molecule has 0 spiro atoms. The Morgan fingerprint density at radius 2 is 1.75 bits per heavy atom. The van der Waals surface area contributed by atoms with E-state index < -0.39 is 0 Å². The van der Waals surface area contributed by atoms with E-state index in [1.807, 2.05) is 56.3 Å². The van der Waals surface area contributed by atoms with Crippen molar-refractivity contribution in [2.75, 3.05) is 13.2 Å². The Bertz CT molecular complexity index is 669. The van der Waals surface area contributed by atoms with Crippen LogP contribution in [0, 0.1) is 13.8 Å². The molecule has 0 saturated carbocycles. The van der Waals surface area contributed by atoms with E-state index in [4.69, 9.17) is 4.74 Å². The zero-order chi connectivity index (χ0) is 17.4. The molecule has 5 heteroatoms. The number of hydrogen-bond donors (Lipinski definition) is 2. The summed E-state index contributed by atoms with van der Waals surface area (Å²) in [6.45, 7) is 5.72. The Morgan fingerprint density at radius 3 is 2.46 bits per heavy atom. The third-order valence-electron chi connectivity index (χ3n) is 3.66. The Balaban J connectivity index is 1.64. The quantitative estimate of drug-likeness (QED) is 0.691. The lowest BCUT2D eigenvalue weighted by atomic mass is 10.1. The average Bonchev–Trinajstić information content (AvgIpc) is 2.56. The number of urea groups is 1. The van der Waals surface area contributed by atoms with E-state index >= 15 is 0 Å². The monoisotopic (exact) mass is 390 g/mol. The molecule has 0 radical (unpaired) electrons. The van der Waals surface area contributed by atoms with E-state index in [1.165, 1.54) is 0 Å². The summed E-state index contributed by atoms with van der Waals surface area (Å²) in [5.41, 5.74) is 3.31. The van der Waals surface area contributed by atoms with Crippen LogP contribution in [0.25, 0.3) is 0 Å². The minimum absolute atomic E-state index is 0.169. The SMILES string of the molecule is Cc1cccc(C)c1OCCCNC(=O)NCc1ccccc1Br. The van der Waals surface area contributed by atoms with E-state index in [1.54, 1.807) is 0 Å². The molecule has 24 heavy (non-hydrogen) atoms. The van der Waals surface area contributed by atoms with Gasteiger partial charge < -0.3 is 15.4 Å². The van der Waals surface area contributed by atoms with Crippen LogP contribution < -0.4 is 15.4 Å². The van der Waals surface area contributed by atoms with E-state index in [9.17, 15) is 4.79 Å². The zero-order valence-corrected chi connectivity index (χ0v) is 15.7. The predicted molar refractivity (Wildman–Crippen MR) is 100 cm³/mol. The number of hydrogen-bond acceptors (Lipinski definition) is 2. The summed E-state index contributed by atoms with van der Waals surface area (Å²) in [5.74, 6) is 0.941. The van der Waals surface area contributed by atoms with E-state index in [0.717, 1.165) is 33.3 Å². The van der Waals surface area contributed by atoms with Gasteiger partial charge >= 0.3 is 6.03 Å². The maximum atomic E-state index is 11.8. The number of para-hydroxylation sites is 1. The molecule has 2 amide bonds. The van der Waals surface area contributed by atoms with E-state index in [-0.39, 0.29) is 6.03 Å². The molecule has 4 nitrogen and oxygen atoms in total. The van der Waals surface area contributed by atoms with Gasteiger partial charge in [-0.3, -0.25) is 0 Å².